The Morgan fingerprint density at radius 3 is 2.83 bits per heavy atom. The monoisotopic (exact) mass is 248 g/mol. The van der Waals surface area contributed by atoms with Crippen LogP contribution in [-0.4, -0.2) is 30.1 Å². The van der Waals surface area contributed by atoms with Gasteiger partial charge in [-0.15, -0.1) is 0 Å². The molecule has 3 rings (SSSR count). The van der Waals surface area contributed by atoms with Gasteiger partial charge in [0, 0.05) is 18.6 Å². The fourth-order valence-corrected chi connectivity index (χ4v) is 2.90. The third kappa shape index (κ3) is 2.96. The Morgan fingerprint density at radius 2 is 2.22 bits per heavy atom. The SMILES string of the molecule is Cc1ccoc1CN(CC1CCCCN1)C1CC1. The highest BCUT2D eigenvalue weighted by molar-refractivity contribution is 5.14. The molecule has 3 heteroatoms. The number of nitrogens with one attached hydrogen (secondary N) is 1. The maximum absolute atomic E-state index is 5.60. The molecule has 1 aliphatic carbocycles. The van der Waals surface area contributed by atoms with Crippen LogP contribution < -0.4 is 5.32 Å². The molecule has 1 aromatic heterocycles. The van der Waals surface area contributed by atoms with Gasteiger partial charge in [-0.05, 0) is 50.8 Å². The van der Waals surface area contributed by atoms with E-state index in [0.717, 1.165) is 18.3 Å². The van der Waals surface area contributed by atoms with Crippen LogP contribution in [0.5, 0.6) is 0 Å². The van der Waals surface area contributed by atoms with E-state index in [2.05, 4.69) is 23.2 Å². The smallest absolute Gasteiger partial charge is 0.120 e. The van der Waals surface area contributed by atoms with Crippen molar-refractivity contribution in [3.05, 3.63) is 23.7 Å². The van der Waals surface area contributed by atoms with E-state index in [4.69, 9.17) is 4.42 Å². The number of rotatable bonds is 5. The van der Waals surface area contributed by atoms with Crippen molar-refractivity contribution >= 4 is 0 Å². The van der Waals surface area contributed by atoms with Gasteiger partial charge in [0.25, 0.3) is 0 Å². The standard InChI is InChI=1S/C15H24N2O/c1-12-7-9-18-15(12)11-17(14-5-6-14)10-13-4-2-3-8-16-13/h7,9,13-14,16H,2-6,8,10-11H2,1H3. The zero-order valence-electron chi connectivity index (χ0n) is 11.3. The van der Waals surface area contributed by atoms with Crippen LogP contribution in [0.2, 0.25) is 0 Å². The minimum absolute atomic E-state index is 0.689. The van der Waals surface area contributed by atoms with E-state index in [1.165, 1.54) is 50.8 Å². The molecular weight excluding hydrogens is 224 g/mol. The van der Waals surface area contributed by atoms with Crippen molar-refractivity contribution in [3.8, 4) is 0 Å². The van der Waals surface area contributed by atoms with Crippen LogP contribution in [-0.2, 0) is 6.54 Å². The van der Waals surface area contributed by atoms with Crippen molar-refractivity contribution < 1.29 is 4.42 Å². The van der Waals surface area contributed by atoms with Crippen molar-refractivity contribution in [2.45, 2.75) is 57.7 Å². The molecule has 1 aliphatic heterocycles. The Labute approximate surface area is 110 Å². The number of aryl methyl sites for hydroxylation is 1. The molecule has 2 fully saturated rings. The summed E-state index contributed by atoms with van der Waals surface area (Å²) in [6.07, 6.45) is 8.61. The van der Waals surface area contributed by atoms with E-state index < -0.39 is 0 Å². The molecule has 0 spiro atoms. The number of nitrogens with zero attached hydrogens (tertiary/aromatic N) is 1. The molecule has 0 bridgehead atoms. The minimum Gasteiger partial charge on any atom is -0.468 e. The number of furan rings is 1. The highest BCUT2D eigenvalue weighted by atomic mass is 16.3. The Bertz CT molecular complexity index is 378. The second kappa shape index (κ2) is 5.45. The fourth-order valence-electron chi connectivity index (χ4n) is 2.90. The summed E-state index contributed by atoms with van der Waals surface area (Å²) >= 11 is 0. The number of piperidine rings is 1. The first-order valence-electron chi connectivity index (χ1n) is 7.33. The van der Waals surface area contributed by atoms with Gasteiger partial charge < -0.3 is 9.73 Å². The van der Waals surface area contributed by atoms with Gasteiger partial charge in [-0.1, -0.05) is 6.42 Å². The predicted octanol–water partition coefficient (Wildman–Crippen LogP) is 2.69. The van der Waals surface area contributed by atoms with Crippen LogP contribution in [0.25, 0.3) is 0 Å². The van der Waals surface area contributed by atoms with Crippen molar-refractivity contribution in [2.24, 2.45) is 0 Å². The first-order valence-corrected chi connectivity index (χ1v) is 7.33. The van der Waals surface area contributed by atoms with Gasteiger partial charge in [-0.2, -0.15) is 0 Å². The molecule has 1 saturated carbocycles. The highest BCUT2D eigenvalue weighted by Gasteiger charge is 2.31. The van der Waals surface area contributed by atoms with Crippen LogP contribution in [0, 0.1) is 6.92 Å². The molecule has 0 amide bonds. The molecule has 1 saturated heterocycles. The van der Waals surface area contributed by atoms with Gasteiger partial charge in [-0.3, -0.25) is 4.90 Å². The van der Waals surface area contributed by atoms with E-state index >= 15 is 0 Å². The summed E-state index contributed by atoms with van der Waals surface area (Å²) in [6.45, 7) is 5.51. The second-order valence-corrected chi connectivity index (χ2v) is 5.83. The Morgan fingerprint density at radius 1 is 1.33 bits per heavy atom. The maximum Gasteiger partial charge on any atom is 0.120 e. The molecule has 3 nitrogen and oxygen atoms in total. The number of hydrogen-bond acceptors (Lipinski definition) is 3. The lowest BCUT2D eigenvalue weighted by molar-refractivity contribution is 0.194. The van der Waals surface area contributed by atoms with Crippen LogP contribution in [0.15, 0.2) is 16.7 Å². The lowest BCUT2D eigenvalue weighted by Crippen LogP contribution is -2.44. The predicted molar refractivity (Wildman–Crippen MR) is 72.5 cm³/mol. The van der Waals surface area contributed by atoms with Crippen molar-refractivity contribution in [1.29, 1.82) is 0 Å². The molecule has 1 aromatic rings. The zero-order chi connectivity index (χ0) is 12.4. The molecule has 2 heterocycles. The van der Waals surface area contributed by atoms with Gasteiger partial charge in [-0.25, -0.2) is 0 Å². The molecular formula is C15H24N2O. The molecule has 0 aromatic carbocycles. The average Bonchev–Trinajstić information content (AvgIpc) is 3.16. The molecule has 1 atom stereocenters. The van der Waals surface area contributed by atoms with E-state index in [1.807, 2.05) is 6.26 Å². The number of hydrogen-bond donors (Lipinski definition) is 1. The minimum atomic E-state index is 0.689. The topological polar surface area (TPSA) is 28.4 Å². The summed E-state index contributed by atoms with van der Waals surface area (Å²) < 4.78 is 5.60. The summed E-state index contributed by atoms with van der Waals surface area (Å²) in [7, 11) is 0. The second-order valence-electron chi connectivity index (χ2n) is 5.83. The van der Waals surface area contributed by atoms with Crippen molar-refractivity contribution in [2.75, 3.05) is 13.1 Å². The summed E-state index contributed by atoms with van der Waals surface area (Å²) in [5.74, 6) is 1.15. The zero-order valence-corrected chi connectivity index (χ0v) is 11.3. The van der Waals surface area contributed by atoms with Crippen molar-refractivity contribution in [3.63, 3.8) is 0 Å². The normalized spacial score (nSPS) is 24.7. The molecule has 1 unspecified atom stereocenters. The van der Waals surface area contributed by atoms with Crippen LogP contribution in [0.4, 0.5) is 0 Å². The van der Waals surface area contributed by atoms with Gasteiger partial charge >= 0.3 is 0 Å². The summed E-state index contributed by atoms with van der Waals surface area (Å²) in [4.78, 5) is 2.62. The molecule has 18 heavy (non-hydrogen) atoms. The van der Waals surface area contributed by atoms with Gasteiger partial charge in [0.05, 0.1) is 12.8 Å². The summed E-state index contributed by atoms with van der Waals surface area (Å²) in [6, 6.07) is 3.56. The van der Waals surface area contributed by atoms with Gasteiger partial charge in [0.1, 0.15) is 5.76 Å². The molecule has 2 aliphatic rings. The lowest BCUT2D eigenvalue weighted by atomic mass is 10.0. The Hall–Kier alpha value is -0.800. The summed E-state index contributed by atoms with van der Waals surface area (Å²) in [5.41, 5.74) is 1.29. The molecule has 100 valence electrons. The third-order valence-electron chi connectivity index (χ3n) is 4.25. The fraction of sp³-hybridized carbons (Fsp3) is 0.733. The molecule has 0 radical (unpaired) electrons. The van der Waals surface area contributed by atoms with E-state index in [9.17, 15) is 0 Å². The van der Waals surface area contributed by atoms with Gasteiger partial charge in [0.2, 0.25) is 0 Å². The Balaban J connectivity index is 1.59. The molecule has 1 N–H and O–H groups in total. The first kappa shape index (κ1) is 12.2. The van der Waals surface area contributed by atoms with Crippen LogP contribution >= 0.6 is 0 Å². The third-order valence-corrected chi connectivity index (χ3v) is 4.25. The Kier molecular flexibility index (Phi) is 3.71. The van der Waals surface area contributed by atoms with Crippen LogP contribution in [0.1, 0.15) is 43.4 Å². The lowest BCUT2D eigenvalue weighted by Gasteiger charge is -2.30. The van der Waals surface area contributed by atoms with E-state index in [1.54, 1.807) is 0 Å². The van der Waals surface area contributed by atoms with Crippen LogP contribution in [0.3, 0.4) is 0 Å². The van der Waals surface area contributed by atoms with E-state index in [-0.39, 0.29) is 0 Å². The quantitative estimate of drug-likeness (QED) is 0.868. The first-order chi connectivity index (χ1) is 8.83. The van der Waals surface area contributed by atoms with E-state index in [0.29, 0.717) is 6.04 Å². The van der Waals surface area contributed by atoms with Crippen molar-refractivity contribution in [1.82, 2.24) is 10.2 Å². The maximum atomic E-state index is 5.60. The highest BCUT2D eigenvalue weighted by Crippen LogP contribution is 2.29. The van der Waals surface area contributed by atoms with Gasteiger partial charge in [0.15, 0.2) is 0 Å². The summed E-state index contributed by atoms with van der Waals surface area (Å²) in [5, 5.41) is 3.65. The largest absolute Gasteiger partial charge is 0.468 e. The average molecular weight is 248 g/mol.